The maximum Gasteiger partial charge on any atom is 0.0613 e. The molecule has 19 heavy (non-hydrogen) atoms. The number of halogens is 1. The lowest BCUT2D eigenvalue weighted by atomic mass is 9.95. The summed E-state index contributed by atoms with van der Waals surface area (Å²) in [5.74, 6) is 0.671. The van der Waals surface area contributed by atoms with Gasteiger partial charge in [-0.05, 0) is 35.4 Å². The first-order valence-corrected chi connectivity index (χ1v) is 7.58. The molecule has 0 heterocycles. The SMILES string of the molecule is ClC(c1ccc(-c2ccccc2)cc1)C1CCCC1. The first-order valence-electron chi connectivity index (χ1n) is 7.14. The van der Waals surface area contributed by atoms with Crippen LogP contribution in [-0.2, 0) is 0 Å². The van der Waals surface area contributed by atoms with E-state index in [1.54, 1.807) is 0 Å². The highest BCUT2D eigenvalue weighted by atomic mass is 35.5. The Labute approximate surface area is 120 Å². The Morgan fingerprint density at radius 3 is 2.00 bits per heavy atom. The Hall–Kier alpha value is -1.27. The first-order chi connectivity index (χ1) is 9.34. The van der Waals surface area contributed by atoms with Crippen LogP contribution in [0.3, 0.4) is 0 Å². The van der Waals surface area contributed by atoms with Crippen LogP contribution in [0.4, 0.5) is 0 Å². The van der Waals surface area contributed by atoms with Crippen molar-refractivity contribution in [3.63, 3.8) is 0 Å². The second-order valence-corrected chi connectivity index (χ2v) is 5.90. The van der Waals surface area contributed by atoms with Crippen LogP contribution in [0.1, 0.15) is 36.6 Å². The van der Waals surface area contributed by atoms with E-state index in [1.165, 1.54) is 42.4 Å². The minimum absolute atomic E-state index is 0.187. The van der Waals surface area contributed by atoms with Gasteiger partial charge in [-0.15, -0.1) is 11.6 Å². The highest BCUT2D eigenvalue weighted by Crippen LogP contribution is 2.40. The van der Waals surface area contributed by atoms with Gasteiger partial charge in [-0.25, -0.2) is 0 Å². The highest BCUT2D eigenvalue weighted by molar-refractivity contribution is 6.21. The molecule has 98 valence electrons. The summed E-state index contributed by atoms with van der Waals surface area (Å²) in [6.45, 7) is 0. The number of hydrogen-bond acceptors (Lipinski definition) is 0. The number of alkyl halides is 1. The fraction of sp³-hybridized carbons (Fsp3) is 0.333. The molecule has 1 fully saturated rings. The molecule has 1 aliphatic carbocycles. The summed E-state index contributed by atoms with van der Waals surface area (Å²) in [5.41, 5.74) is 3.80. The van der Waals surface area contributed by atoms with Crippen LogP contribution >= 0.6 is 11.6 Å². The fourth-order valence-corrected chi connectivity index (χ4v) is 3.41. The van der Waals surface area contributed by atoms with E-state index in [0.717, 1.165) is 0 Å². The van der Waals surface area contributed by atoms with Crippen molar-refractivity contribution < 1.29 is 0 Å². The van der Waals surface area contributed by atoms with Crippen molar-refractivity contribution in [2.45, 2.75) is 31.1 Å². The third-order valence-corrected chi connectivity index (χ3v) is 4.76. The lowest BCUT2D eigenvalue weighted by Gasteiger charge is -2.17. The Kier molecular flexibility index (Phi) is 3.89. The molecule has 2 aromatic carbocycles. The van der Waals surface area contributed by atoms with E-state index in [2.05, 4.69) is 48.5 Å². The van der Waals surface area contributed by atoms with Gasteiger partial charge in [-0.3, -0.25) is 0 Å². The smallest absolute Gasteiger partial charge is 0.0613 e. The molecule has 0 aliphatic heterocycles. The summed E-state index contributed by atoms with van der Waals surface area (Å²) in [6, 6.07) is 19.2. The van der Waals surface area contributed by atoms with Crippen molar-refractivity contribution >= 4 is 11.6 Å². The molecule has 3 rings (SSSR count). The molecule has 0 bridgehead atoms. The molecule has 0 amide bonds. The molecule has 0 spiro atoms. The molecule has 0 aromatic heterocycles. The Morgan fingerprint density at radius 2 is 1.37 bits per heavy atom. The van der Waals surface area contributed by atoms with Crippen LogP contribution in [0.2, 0.25) is 0 Å². The number of hydrogen-bond donors (Lipinski definition) is 0. The predicted octanol–water partition coefficient (Wildman–Crippen LogP) is 5.82. The zero-order chi connectivity index (χ0) is 13.1. The van der Waals surface area contributed by atoms with Gasteiger partial charge in [0.2, 0.25) is 0 Å². The van der Waals surface area contributed by atoms with E-state index in [9.17, 15) is 0 Å². The minimum atomic E-state index is 0.187. The van der Waals surface area contributed by atoms with Crippen molar-refractivity contribution in [1.82, 2.24) is 0 Å². The van der Waals surface area contributed by atoms with Gasteiger partial charge in [0.25, 0.3) is 0 Å². The summed E-state index contributed by atoms with van der Waals surface area (Å²) in [7, 11) is 0. The molecule has 2 aromatic rings. The third kappa shape index (κ3) is 2.84. The second kappa shape index (κ2) is 5.79. The lowest BCUT2D eigenvalue weighted by molar-refractivity contribution is 0.529. The van der Waals surface area contributed by atoms with E-state index < -0.39 is 0 Å². The molecule has 1 aliphatic rings. The van der Waals surface area contributed by atoms with Gasteiger partial charge in [0.15, 0.2) is 0 Å². The average molecular weight is 271 g/mol. The van der Waals surface area contributed by atoms with Crippen molar-refractivity contribution in [3.8, 4) is 11.1 Å². The molecule has 1 heteroatoms. The lowest BCUT2D eigenvalue weighted by Crippen LogP contribution is -2.03. The Morgan fingerprint density at radius 1 is 0.789 bits per heavy atom. The standard InChI is InChI=1S/C18H19Cl/c19-18(16-8-4-5-9-16)17-12-10-15(11-13-17)14-6-2-1-3-7-14/h1-3,6-7,10-13,16,18H,4-5,8-9H2. The predicted molar refractivity (Wildman–Crippen MR) is 82.4 cm³/mol. The van der Waals surface area contributed by atoms with Crippen LogP contribution in [0.5, 0.6) is 0 Å². The topological polar surface area (TPSA) is 0 Å². The second-order valence-electron chi connectivity index (χ2n) is 5.43. The molecular weight excluding hydrogens is 252 g/mol. The normalized spacial score (nSPS) is 17.5. The van der Waals surface area contributed by atoms with Gasteiger partial charge in [-0.1, -0.05) is 67.4 Å². The van der Waals surface area contributed by atoms with Crippen LogP contribution < -0.4 is 0 Å². The maximum atomic E-state index is 6.61. The maximum absolute atomic E-state index is 6.61. The van der Waals surface area contributed by atoms with E-state index >= 15 is 0 Å². The largest absolute Gasteiger partial charge is 0.118 e. The average Bonchev–Trinajstić information content (AvgIpc) is 3.02. The molecular formula is C18H19Cl. The van der Waals surface area contributed by atoms with Crippen molar-refractivity contribution in [2.24, 2.45) is 5.92 Å². The van der Waals surface area contributed by atoms with Gasteiger partial charge >= 0.3 is 0 Å². The summed E-state index contributed by atoms with van der Waals surface area (Å²) in [4.78, 5) is 0. The fourth-order valence-electron chi connectivity index (χ4n) is 3.01. The van der Waals surface area contributed by atoms with Gasteiger partial charge < -0.3 is 0 Å². The van der Waals surface area contributed by atoms with Gasteiger partial charge in [-0.2, -0.15) is 0 Å². The summed E-state index contributed by atoms with van der Waals surface area (Å²) in [6.07, 6.45) is 5.26. The van der Waals surface area contributed by atoms with Gasteiger partial charge in [0, 0.05) is 0 Å². The van der Waals surface area contributed by atoms with Gasteiger partial charge in [0.1, 0.15) is 0 Å². The summed E-state index contributed by atoms with van der Waals surface area (Å²) >= 11 is 6.61. The first kappa shape index (κ1) is 12.7. The summed E-state index contributed by atoms with van der Waals surface area (Å²) < 4.78 is 0. The number of benzene rings is 2. The van der Waals surface area contributed by atoms with Crippen LogP contribution in [0.25, 0.3) is 11.1 Å². The zero-order valence-electron chi connectivity index (χ0n) is 11.1. The molecule has 0 saturated heterocycles. The van der Waals surface area contributed by atoms with Crippen LogP contribution in [0.15, 0.2) is 54.6 Å². The van der Waals surface area contributed by atoms with E-state index in [1.807, 2.05) is 6.07 Å². The molecule has 0 nitrogen and oxygen atoms in total. The summed E-state index contributed by atoms with van der Waals surface area (Å²) in [5, 5.41) is 0.187. The minimum Gasteiger partial charge on any atom is -0.118 e. The molecule has 1 atom stereocenters. The Balaban J connectivity index is 1.79. The quantitative estimate of drug-likeness (QED) is 0.616. The van der Waals surface area contributed by atoms with E-state index in [4.69, 9.17) is 11.6 Å². The van der Waals surface area contributed by atoms with Crippen molar-refractivity contribution in [3.05, 3.63) is 60.2 Å². The Bertz CT molecular complexity index is 509. The molecule has 1 saturated carbocycles. The third-order valence-electron chi connectivity index (χ3n) is 4.15. The zero-order valence-corrected chi connectivity index (χ0v) is 11.8. The molecule has 0 N–H and O–H groups in total. The van der Waals surface area contributed by atoms with Crippen LogP contribution in [-0.4, -0.2) is 0 Å². The molecule has 0 radical (unpaired) electrons. The molecule has 1 unspecified atom stereocenters. The van der Waals surface area contributed by atoms with E-state index in [-0.39, 0.29) is 5.38 Å². The van der Waals surface area contributed by atoms with E-state index in [0.29, 0.717) is 5.92 Å². The van der Waals surface area contributed by atoms with Gasteiger partial charge in [0.05, 0.1) is 5.38 Å². The van der Waals surface area contributed by atoms with Crippen LogP contribution in [0, 0.1) is 5.92 Å². The van der Waals surface area contributed by atoms with Crippen molar-refractivity contribution in [2.75, 3.05) is 0 Å². The monoisotopic (exact) mass is 270 g/mol. The van der Waals surface area contributed by atoms with Crippen molar-refractivity contribution in [1.29, 1.82) is 0 Å². The number of rotatable bonds is 3. The highest BCUT2D eigenvalue weighted by Gasteiger charge is 2.24.